The van der Waals surface area contributed by atoms with Gasteiger partial charge in [0.05, 0.1) is 8.07 Å². The van der Waals surface area contributed by atoms with Crippen LogP contribution in [0.1, 0.15) is 36.8 Å². The summed E-state index contributed by atoms with van der Waals surface area (Å²) in [6, 6.07) is 31.0. The molecule has 51 heavy (non-hydrogen) atoms. The van der Waals surface area contributed by atoms with Gasteiger partial charge in [0, 0.05) is 34.0 Å². The van der Waals surface area contributed by atoms with Gasteiger partial charge < -0.3 is 0 Å². The van der Waals surface area contributed by atoms with E-state index in [0.29, 0.717) is 22.2 Å². The standard InChI is InChI=1S/C48H42F2Si/c1-31-27-43-37(35-23-25-39(45(49)29-35)33-15-7-5-8-16-33)19-11-13-21-41(43)47(31)51(3,4)48-32(2)28-44-38(20-12-14-22-42(44)48)36-24-26-40(46(50)30-36)34-17-9-6-10-18-34/h5-30,37-38,47-48H,1-4H3. The van der Waals surface area contributed by atoms with Crippen LogP contribution in [0.15, 0.2) is 191 Å². The first kappa shape index (κ1) is 33.0. The summed E-state index contributed by atoms with van der Waals surface area (Å²) in [5.74, 6) is -0.454. The van der Waals surface area contributed by atoms with Crippen LogP contribution in [0.25, 0.3) is 22.3 Å². The zero-order valence-corrected chi connectivity index (χ0v) is 30.6. The molecule has 0 saturated heterocycles. The van der Waals surface area contributed by atoms with Crippen molar-refractivity contribution in [3.8, 4) is 22.3 Å². The van der Waals surface area contributed by atoms with Crippen LogP contribution >= 0.6 is 0 Å². The molecule has 4 unspecified atom stereocenters. The SMILES string of the molecule is CC1=CC2=C(C=CC=CC2c2ccc(-c3ccccc3)c(F)c2)C1[Si](C)(C)C1C(C)=CC2=C1C=CC=CC2c1ccc(-c2ccccc2)c(F)c1. The molecule has 0 aliphatic heterocycles. The number of benzene rings is 4. The fourth-order valence-electron chi connectivity index (χ4n) is 9.32. The van der Waals surface area contributed by atoms with Gasteiger partial charge in [0.25, 0.3) is 0 Å². The van der Waals surface area contributed by atoms with E-state index < -0.39 is 8.07 Å². The molecule has 0 aromatic heterocycles. The number of rotatable bonds is 6. The smallest absolute Gasteiger partial charge is 0.131 e. The summed E-state index contributed by atoms with van der Waals surface area (Å²) in [6.07, 6.45) is 22.4. The Morgan fingerprint density at radius 1 is 0.490 bits per heavy atom. The van der Waals surface area contributed by atoms with Gasteiger partial charge >= 0.3 is 0 Å². The van der Waals surface area contributed by atoms with Gasteiger partial charge in [-0.15, -0.1) is 0 Å². The Bertz CT molecular complexity index is 2110. The van der Waals surface area contributed by atoms with Gasteiger partial charge in [0.2, 0.25) is 0 Å². The largest absolute Gasteiger partial charge is 0.206 e. The molecule has 4 atom stereocenters. The Kier molecular flexibility index (Phi) is 8.56. The summed E-state index contributed by atoms with van der Waals surface area (Å²) < 4.78 is 31.4. The van der Waals surface area contributed by atoms with Gasteiger partial charge in [-0.2, -0.15) is 0 Å². The average Bonchev–Trinajstić information content (AvgIpc) is 3.46. The van der Waals surface area contributed by atoms with Gasteiger partial charge in [-0.25, -0.2) is 8.78 Å². The van der Waals surface area contributed by atoms with Crippen LogP contribution in [-0.4, -0.2) is 8.07 Å². The van der Waals surface area contributed by atoms with Crippen molar-refractivity contribution >= 4 is 8.07 Å². The van der Waals surface area contributed by atoms with E-state index in [1.807, 2.05) is 72.8 Å². The van der Waals surface area contributed by atoms with Gasteiger partial charge in [-0.3, -0.25) is 0 Å². The number of hydrogen-bond donors (Lipinski definition) is 0. The van der Waals surface area contributed by atoms with Gasteiger partial charge in [0.1, 0.15) is 11.6 Å². The molecule has 0 spiro atoms. The lowest BCUT2D eigenvalue weighted by Crippen LogP contribution is -2.39. The van der Waals surface area contributed by atoms with Crippen LogP contribution in [0.3, 0.4) is 0 Å². The number of halogens is 2. The maximum atomic E-state index is 15.7. The third-order valence-corrected chi connectivity index (χ3v) is 15.9. The van der Waals surface area contributed by atoms with Crippen molar-refractivity contribution in [3.05, 3.63) is 214 Å². The van der Waals surface area contributed by atoms with E-state index in [1.165, 1.54) is 33.4 Å². The van der Waals surface area contributed by atoms with Crippen molar-refractivity contribution in [1.29, 1.82) is 0 Å². The van der Waals surface area contributed by atoms with Gasteiger partial charge in [0.15, 0.2) is 0 Å². The molecule has 0 N–H and O–H groups in total. The molecule has 4 aromatic rings. The highest BCUT2D eigenvalue weighted by Crippen LogP contribution is 2.58. The van der Waals surface area contributed by atoms with E-state index >= 15 is 8.78 Å². The van der Waals surface area contributed by atoms with Gasteiger partial charge in [-0.1, -0.05) is 170 Å². The minimum atomic E-state index is -2.17. The minimum absolute atomic E-state index is 0.0332. The molecule has 0 bridgehead atoms. The van der Waals surface area contributed by atoms with Crippen molar-refractivity contribution in [1.82, 2.24) is 0 Å². The fraction of sp³-hybridized carbons (Fsp3) is 0.167. The molecule has 252 valence electrons. The maximum Gasteiger partial charge on any atom is 0.131 e. The molecule has 0 amide bonds. The quantitative estimate of drug-likeness (QED) is 0.177. The van der Waals surface area contributed by atoms with E-state index in [9.17, 15) is 0 Å². The summed E-state index contributed by atoms with van der Waals surface area (Å²) in [6.45, 7) is 9.65. The van der Waals surface area contributed by atoms with Crippen LogP contribution in [0.5, 0.6) is 0 Å². The predicted octanol–water partition coefficient (Wildman–Crippen LogP) is 13.4. The van der Waals surface area contributed by atoms with E-state index in [2.05, 4.69) is 99.8 Å². The van der Waals surface area contributed by atoms with Crippen molar-refractivity contribution in [2.45, 2.75) is 49.9 Å². The monoisotopic (exact) mass is 684 g/mol. The lowest BCUT2D eigenvalue weighted by atomic mass is 9.88. The normalized spacial score (nSPS) is 22.5. The second-order valence-electron chi connectivity index (χ2n) is 14.9. The Labute approximate surface area is 302 Å². The molecular formula is C48H42F2Si. The highest BCUT2D eigenvalue weighted by atomic mass is 28.3. The highest BCUT2D eigenvalue weighted by molar-refractivity contribution is 6.83. The lowest BCUT2D eigenvalue weighted by Gasteiger charge is -2.40. The van der Waals surface area contributed by atoms with Crippen LogP contribution in [0.2, 0.25) is 24.2 Å². The topological polar surface area (TPSA) is 0 Å². The molecule has 8 rings (SSSR count). The van der Waals surface area contributed by atoms with E-state index in [1.54, 1.807) is 12.1 Å². The van der Waals surface area contributed by atoms with Crippen molar-refractivity contribution in [2.24, 2.45) is 0 Å². The zero-order valence-electron chi connectivity index (χ0n) is 29.6. The second kappa shape index (κ2) is 13.2. The summed E-state index contributed by atoms with van der Waals surface area (Å²) in [5, 5.41) is 0. The zero-order chi connectivity index (χ0) is 35.3. The minimum Gasteiger partial charge on any atom is -0.206 e. The molecule has 3 heteroatoms. The Morgan fingerprint density at radius 3 is 1.29 bits per heavy atom. The summed E-state index contributed by atoms with van der Waals surface area (Å²) >= 11 is 0. The lowest BCUT2D eigenvalue weighted by molar-refractivity contribution is 0.628. The summed E-state index contributed by atoms with van der Waals surface area (Å²) in [5.41, 5.74) is 13.6. The molecule has 0 saturated carbocycles. The Morgan fingerprint density at radius 2 is 0.902 bits per heavy atom. The first-order valence-electron chi connectivity index (χ1n) is 18.0. The Hall–Kier alpha value is -5.12. The third-order valence-electron chi connectivity index (χ3n) is 11.4. The van der Waals surface area contributed by atoms with E-state index in [0.717, 1.165) is 22.3 Å². The molecule has 0 fully saturated rings. The predicted molar refractivity (Wildman–Crippen MR) is 212 cm³/mol. The molecule has 4 aromatic carbocycles. The van der Waals surface area contributed by atoms with Crippen LogP contribution < -0.4 is 0 Å². The summed E-state index contributed by atoms with van der Waals surface area (Å²) in [4.78, 5) is 0. The average molecular weight is 685 g/mol. The van der Waals surface area contributed by atoms with Crippen molar-refractivity contribution < 1.29 is 8.78 Å². The van der Waals surface area contributed by atoms with Crippen LogP contribution in [0, 0.1) is 11.6 Å². The molecule has 0 radical (unpaired) electrons. The van der Waals surface area contributed by atoms with Gasteiger partial charge in [-0.05, 0) is 70.5 Å². The Balaban J connectivity index is 1.14. The highest BCUT2D eigenvalue weighted by Gasteiger charge is 2.48. The van der Waals surface area contributed by atoms with Crippen LogP contribution in [-0.2, 0) is 0 Å². The molecule has 0 heterocycles. The van der Waals surface area contributed by atoms with E-state index in [-0.39, 0.29) is 23.5 Å². The van der Waals surface area contributed by atoms with Crippen molar-refractivity contribution in [3.63, 3.8) is 0 Å². The molecular weight excluding hydrogens is 643 g/mol. The molecule has 4 aliphatic rings. The van der Waals surface area contributed by atoms with Crippen molar-refractivity contribution in [2.75, 3.05) is 0 Å². The number of hydrogen-bond acceptors (Lipinski definition) is 0. The first-order valence-corrected chi connectivity index (χ1v) is 21.1. The maximum absolute atomic E-state index is 15.7. The van der Waals surface area contributed by atoms with E-state index in [4.69, 9.17) is 0 Å². The van der Waals surface area contributed by atoms with Crippen LogP contribution in [0.4, 0.5) is 8.78 Å². The molecule has 0 nitrogen and oxygen atoms in total. The summed E-state index contributed by atoms with van der Waals surface area (Å²) in [7, 11) is -2.17. The third kappa shape index (κ3) is 5.84. The first-order chi connectivity index (χ1) is 24.7. The second-order valence-corrected chi connectivity index (χ2v) is 19.7. The number of allylic oxidation sites excluding steroid dienone is 16. The fourth-order valence-corrected chi connectivity index (χ4v) is 14.3. The molecule has 4 aliphatic carbocycles.